The Labute approximate surface area is 133 Å². The highest BCUT2D eigenvalue weighted by atomic mass is 16.4. The van der Waals surface area contributed by atoms with Crippen molar-refractivity contribution in [1.29, 1.82) is 0 Å². The third-order valence-corrected chi connectivity index (χ3v) is 4.63. The van der Waals surface area contributed by atoms with Crippen molar-refractivity contribution in [1.82, 2.24) is 15.4 Å². The quantitative estimate of drug-likeness (QED) is 0.865. The van der Waals surface area contributed by atoms with Crippen molar-refractivity contribution in [2.75, 3.05) is 0 Å². The fourth-order valence-electron chi connectivity index (χ4n) is 3.50. The summed E-state index contributed by atoms with van der Waals surface area (Å²) < 4.78 is 0. The van der Waals surface area contributed by atoms with E-state index in [4.69, 9.17) is 5.11 Å². The predicted octanol–water partition coefficient (Wildman–Crippen LogP) is 1.75. The fourth-order valence-corrected chi connectivity index (χ4v) is 3.50. The van der Waals surface area contributed by atoms with Gasteiger partial charge in [0.25, 0.3) is 5.91 Å². The first-order valence-corrected chi connectivity index (χ1v) is 7.86. The van der Waals surface area contributed by atoms with Crippen molar-refractivity contribution in [3.63, 3.8) is 0 Å². The van der Waals surface area contributed by atoms with Crippen molar-refractivity contribution in [2.45, 2.75) is 50.5 Å². The monoisotopic (exact) mass is 317 g/mol. The zero-order valence-corrected chi connectivity index (χ0v) is 12.7. The Morgan fingerprint density at radius 3 is 2.43 bits per heavy atom. The number of nitrogens with zero attached hydrogens (tertiary/aromatic N) is 2. The molecule has 1 saturated heterocycles. The Kier molecular flexibility index (Phi) is 4.02. The Morgan fingerprint density at radius 1 is 1.13 bits per heavy atom. The van der Waals surface area contributed by atoms with Gasteiger partial charge in [0.05, 0.1) is 12.0 Å². The van der Waals surface area contributed by atoms with E-state index in [1.165, 1.54) is 23.2 Å². The Morgan fingerprint density at radius 2 is 1.78 bits per heavy atom. The Hall–Kier alpha value is -2.44. The molecule has 2 aliphatic rings. The van der Waals surface area contributed by atoms with Crippen LogP contribution in [0, 0.1) is 0 Å². The minimum atomic E-state index is -1.19. The van der Waals surface area contributed by atoms with Gasteiger partial charge >= 0.3 is 5.97 Å². The molecule has 0 unspecified atom stereocenters. The van der Waals surface area contributed by atoms with Crippen LogP contribution in [0.3, 0.4) is 0 Å². The molecule has 2 heterocycles. The van der Waals surface area contributed by atoms with Gasteiger partial charge in [-0.15, -0.1) is 0 Å². The van der Waals surface area contributed by atoms with E-state index in [1.807, 2.05) is 0 Å². The van der Waals surface area contributed by atoms with E-state index in [0.717, 1.165) is 38.5 Å². The summed E-state index contributed by atoms with van der Waals surface area (Å²) in [5.74, 6) is -1.80. The molecule has 7 nitrogen and oxygen atoms in total. The lowest BCUT2D eigenvalue weighted by molar-refractivity contribution is -0.120. The molecule has 0 aromatic carbocycles. The number of aromatic nitrogens is 1. The second kappa shape index (κ2) is 5.98. The third kappa shape index (κ3) is 2.91. The van der Waals surface area contributed by atoms with Gasteiger partial charge in [-0.05, 0) is 25.0 Å². The molecule has 2 amide bonds. The van der Waals surface area contributed by atoms with Gasteiger partial charge in [-0.1, -0.05) is 31.7 Å². The molecule has 1 aliphatic carbocycles. The topological polar surface area (TPSA) is 99.6 Å². The molecular weight excluding hydrogens is 298 g/mol. The first-order chi connectivity index (χ1) is 11.0. The molecule has 0 bridgehead atoms. The van der Waals surface area contributed by atoms with Gasteiger partial charge in [0.1, 0.15) is 11.4 Å². The first kappa shape index (κ1) is 15.5. The normalized spacial score (nSPS) is 20.2. The average Bonchev–Trinajstić information content (AvgIpc) is 2.71. The van der Waals surface area contributed by atoms with Crippen molar-refractivity contribution >= 4 is 17.8 Å². The van der Waals surface area contributed by atoms with Crippen LogP contribution in [0.15, 0.2) is 18.2 Å². The van der Waals surface area contributed by atoms with Gasteiger partial charge in [-0.2, -0.15) is 0 Å². The maximum Gasteiger partial charge on any atom is 0.354 e. The minimum absolute atomic E-state index is 0.0377. The van der Waals surface area contributed by atoms with Crippen LogP contribution in [-0.4, -0.2) is 38.4 Å². The van der Waals surface area contributed by atoms with Gasteiger partial charge in [-0.25, -0.2) is 14.8 Å². The summed E-state index contributed by atoms with van der Waals surface area (Å²) in [7, 11) is 0. The molecule has 2 fully saturated rings. The molecule has 122 valence electrons. The molecule has 0 atom stereocenters. The van der Waals surface area contributed by atoms with Crippen molar-refractivity contribution < 1.29 is 19.5 Å². The lowest BCUT2D eigenvalue weighted by Gasteiger charge is -2.35. The SMILES string of the molecule is O=C1CC2(CCCCCC2)N(C(=O)c2cccc(C(=O)O)n2)N1. The minimum Gasteiger partial charge on any atom is -0.477 e. The smallest absolute Gasteiger partial charge is 0.354 e. The van der Waals surface area contributed by atoms with E-state index in [1.54, 1.807) is 0 Å². The predicted molar refractivity (Wildman–Crippen MR) is 80.6 cm³/mol. The number of hydrazine groups is 1. The average molecular weight is 317 g/mol. The Bertz CT molecular complexity index is 650. The number of carboxylic acid groups (broad SMARTS) is 1. The molecule has 1 aliphatic heterocycles. The maximum atomic E-state index is 12.8. The highest BCUT2D eigenvalue weighted by molar-refractivity contribution is 5.97. The van der Waals surface area contributed by atoms with E-state index in [0.29, 0.717) is 6.42 Å². The van der Waals surface area contributed by atoms with Crippen LogP contribution in [0.1, 0.15) is 65.9 Å². The van der Waals surface area contributed by atoms with Crippen LogP contribution in [0.4, 0.5) is 0 Å². The van der Waals surface area contributed by atoms with Crippen LogP contribution in [0.2, 0.25) is 0 Å². The molecule has 7 heteroatoms. The third-order valence-electron chi connectivity index (χ3n) is 4.63. The molecular formula is C16H19N3O4. The molecule has 3 rings (SSSR count). The molecule has 0 radical (unpaired) electrons. The summed E-state index contributed by atoms with van der Waals surface area (Å²) >= 11 is 0. The van der Waals surface area contributed by atoms with Crippen molar-refractivity contribution in [3.8, 4) is 0 Å². The van der Waals surface area contributed by atoms with Gasteiger partial charge in [0.15, 0.2) is 0 Å². The molecule has 1 aromatic rings. The first-order valence-electron chi connectivity index (χ1n) is 7.86. The number of pyridine rings is 1. The fraction of sp³-hybridized carbons (Fsp3) is 0.500. The molecule has 1 spiro atoms. The van der Waals surface area contributed by atoms with Crippen LogP contribution < -0.4 is 5.43 Å². The van der Waals surface area contributed by atoms with E-state index < -0.39 is 17.4 Å². The van der Waals surface area contributed by atoms with Gasteiger partial charge in [0, 0.05) is 0 Å². The summed E-state index contributed by atoms with van der Waals surface area (Å²) in [5, 5.41) is 10.4. The summed E-state index contributed by atoms with van der Waals surface area (Å²) in [4.78, 5) is 39.7. The number of hydrogen-bond acceptors (Lipinski definition) is 4. The van der Waals surface area contributed by atoms with E-state index in [-0.39, 0.29) is 17.3 Å². The van der Waals surface area contributed by atoms with E-state index in [2.05, 4.69) is 10.4 Å². The zero-order valence-electron chi connectivity index (χ0n) is 12.7. The van der Waals surface area contributed by atoms with Gasteiger partial charge in [0.2, 0.25) is 5.91 Å². The van der Waals surface area contributed by atoms with Crippen molar-refractivity contribution in [3.05, 3.63) is 29.6 Å². The molecule has 2 N–H and O–H groups in total. The number of carboxylic acids is 1. The van der Waals surface area contributed by atoms with Crippen LogP contribution >= 0.6 is 0 Å². The Balaban J connectivity index is 1.92. The summed E-state index contributed by atoms with van der Waals surface area (Å²) in [5.41, 5.74) is 1.99. The van der Waals surface area contributed by atoms with Crippen LogP contribution in [0.5, 0.6) is 0 Å². The highest BCUT2D eigenvalue weighted by Crippen LogP contribution is 2.38. The van der Waals surface area contributed by atoms with Crippen molar-refractivity contribution in [2.24, 2.45) is 0 Å². The lowest BCUT2D eigenvalue weighted by atomic mass is 9.87. The van der Waals surface area contributed by atoms with E-state index >= 15 is 0 Å². The van der Waals surface area contributed by atoms with Crippen LogP contribution in [0.25, 0.3) is 0 Å². The number of aromatic carboxylic acids is 1. The summed E-state index contributed by atoms with van der Waals surface area (Å²) in [6, 6.07) is 4.30. The number of carbonyl (C=O) groups is 3. The summed E-state index contributed by atoms with van der Waals surface area (Å²) in [6.07, 6.45) is 6.00. The molecule has 23 heavy (non-hydrogen) atoms. The second-order valence-corrected chi connectivity index (χ2v) is 6.20. The number of amides is 2. The number of carbonyl (C=O) groups excluding carboxylic acids is 2. The maximum absolute atomic E-state index is 12.8. The number of nitrogens with one attached hydrogen (secondary N) is 1. The largest absolute Gasteiger partial charge is 0.477 e. The van der Waals surface area contributed by atoms with Gasteiger partial charge in [-0.3, -0.25) is 15.0 Å². The number of hydrogen-bond donors (Lipinski definition) is 2. The van der Waals surface area contributed by atoms with E-state index in [9.17, 15) is 14.4 Å². The highest BCUT2D eigenvalue weighted by Gasteiger charge is 2.48. The second-order valence-electron chi connectivity index (χ2n) is 6.20. The van der Waals surface area contributed by atoms with Gasteiger partial charge < -0.3 is 5.11 Å². The standard InChI is InChI=1S/C16H19N3O4/c20-13-10-16(8-3-1-2-4-9-16)19(18-13)14(21)11-6-5-7-12(17-11)15(22)23/h5-7H,1-4,8-10H2,(H,18,20)(H,22,23). The van der Waals surface area contributed by atoms with Crippen LogP contribution in [-0.2, 0) is 4.79 Å². The molecule has 1 saturated carbocycles. The zero-order chi connectivity index (χ0) is 16.4. The molecule has 1 aromatic heterocycles. The number of rotatable bonds is 2. The summed E-state index contributed by atoms with van der Waals surface area (Å²) in [6.45, 7) is 0. The lowest BCUT2D eigenvalue weighted by Crippen LogP contribution is -2.52.